The van der Waals surface area contributed by atoms with E-state index in [1.807, 2.05) is 0 Å². The Balaban J connectivity index is 1.73. The van der Waals surface area contributed by atoms with Gasteiger partial charge in [-0.1, -0.05) is 11.6 Å². The van der Waals surface area contributed by atoms with Crippen molar-refractivity contribution in [2.24, 2.45) is 0 Å². The number of fused-ring (bicyclic) bond motifs is 1. The molecular weight excluding hydrogens is 486 g/mol. The molecule has 0 bridgehead atoms. The lowest BCUT2D eigenvalue weighted by Gasteiger charge is -2.10. The summed E-state index contributed by atoms with van der Waals surface area (Å²) in [7, 11) is 1.23. The highest BCUT2D eigenvalue weighted by Gasteiger charge is 2.19. The molecule has 0 aliphatic heterocycles. The molecule has 0 fully saturated rings. The van der Waals surface area contributed by atoms with Gasteiger partial charge in [-0.25, -0.2) is 4.21 Å². The van der Waals surface area contributed by atoms with E-state index in [1.54, 1.807) is 30.7 Å². The van der Waals surface area contributed by atoms with Crippen molar-refractivity contribution >= 4 is 55.4 Å². The first-order chi connectivity index (χ1) is 14.0. The third-order valence-corrected chi connectivity index (χ3v) is 6.01. The maximum atomic E-state index is 13.0. The lowest BCUT2D eigenvalue weighted by molar-refractivity contribution is 0.368. The quantitative estimate of drug-likeness (QED) is 0.419. The molecular formula is C16H13BrClN7O3S. The van der Waals surface area contributed by atoms with Crippen LogP contribution in [0.3, 0.4) is 0 Å². The van der Waals surface area contributed by atoms with E-state index >= 15 is 0 Å². The molecule has 150 valence electrons. The number of nitrogens with one attached hydrogen (secondary N) is 2. The van der Waals surface area contributed by atoms with Crippen LogP contribution in [0, 0.1) is 0 Å². The number of anilines is 1. The van der Waals surface area contributed by atoms with E-state index in [-0.39, 0.29) is 17.7 Å². The summed E-state index contributed by atoms with van der Waals surface area (Å²) in [5.74, 6) is 0.570. The van der Waals surface area contributed by atoms with Crippen LogP contribution in [0.25, 0.3) is 16.6 Å². The molecule has 29 heavy (non-hydrogen) atoms. The van der Waals surface area contributed by atoms with E-state index in [0.717, 1.165) is 0 Å². The predicted molar refractivity (Wildman–Crippen MR) is 111 cm³/mol. The van der Waals surface area contributed by atoms with Crippen molar-refractivity contribution in [2.45, 2.75) is 4.90 Å². The summed E-state index contributed by atoms with van der Waals surface area (Å²) in [5.41, 5.74) is 1.20. The number of halogens is 2. The summed E-state index contributed by atoms with van der Waals surface area (Å²) in [6.07, 6.45) is 4.71. The van der Waals surface area contributed by atoms with Gasteiger partial charge in [0.15, 0.2) is 11.0 Å². The summed E-state index contributed by atoms with van der Waals surface area (Å²) in [5, 5.41) is 9.38. The van der Waals surface area contributed by atoms with Gasteiger partial charge in [-0.3, -0.25) is 4.72 Å². The maximum absolute atomic E-state index is 13.0. The van der Waals surface area contributed by atoms with Crippen LogP contribution < -0.4 is 14.2 Å². The lowest BCUT2D eigenvalue weighted by atomic mass is 10.2. The van der Waals surface area contributed by atoms with Gasteiger partial charge in [-0.15, -0.1) is 4.80 Å². The number of hydrogen-bond acceptors (Lipinski definition) is 7. The van der Waals surface area contributed by atoms with Crippen LogP contribution in [-0.2, 0) is 11.0 Å². The molecule has 1 atom stereocenters. The van der Waals surface area contributed by atoms with E-state index in [9.17, 15) is 4.21 Å². The van der Waals surface area contributed by atoms with E-state index < -0.39 is 11.0 Å². The molecule has 10 nitrogen and oxygen atoms in total. The molecule has 4 aromatic rings. The van der Waals surface area contributed by atoms with Crippen molar-refractivity contribution < 1.29 is 13.7 Å². The molecule has 2 N–H and O–H groups in total. The van der Waals surface area contributed by atoms with Crippen LogP contribution in [0.15, 0.2) is 40.1 Å². The second-order valence-corrected chi connectivity index (χ2v) is 7.92. The van der Waals surface area contributed by atoms with Crippen LogP contribution in [-0.4, -0.2) is 48.4 Å². The number of hydrogen-bond donors (Lipinski definition) is 2. The largest absolute Gasteiger partial charge is 0.480 e. The number of rotatable bonds is 6. The minimum absolute atomic E-state index is 0.0810. The third kappa shape index (κ3) is 3.54. The molecule has 3 aromatic heterocycles. The Labute approximate surface area is 180 Å². The summed E-state index contributed by atoms with van der Waals surface area (Å²) in [4.78, 5) is 13.3. The van der Waals surface area contributed by atoms with Gasteiger partial charge in [0.2, 0.25) is 17.7 Å². The summed E-state index contributed by atoms with van der Waals surface area (Å²) in [6, 6.07) is 3.46. The van der Waals surface area contributed by atoms with Gasteiger partial charge in [-0.05, 0) is 28.1 Å². The summed E-state index contributed by atoms with van der Waals surface area (Å²) >= 11 is 9.63. The molecule has 1 unspecified atom stereocenters. The van der Waals surface area contributed by atoms with Crippen molar-refractivity contribution in [3.05, 3.63) is 40.2 Å². The lowest BCUT2D eigenvalue weighted by Crippen LogP contribution is -2.09. The van der Waals surface area contributed by atoms with Crippen LogP contribution in [0.2, 0.25) is 5.02 Å². The van der Waals surface area contributed by atoms with Crippen LogP contribution in [0.1, 0.15) is 0 Å². The molecule has 1 aromatic carbocycles. The highest BCUT2D eigenvalue weighted by Crippen LogP contribution is 2.34. The predicted octanol–water partition coefficient (Wildman–Crippen LogP) is 3.11. The standard InChI is InChI=1S/C16H13BrClN7O3S/c1-27-14-11(17)15(28-2)23-16(22-14)24-29(26)10-7-19-12-8(10)3-4-9(18)13(12)25-20-5-6-21-25/h3-7,19H,1-2H3,(H,22,23,24). The minimum Gasteiger partial charge on any atom is -0.480 e. The van der Waals surface area contributed by atoms with E-state index in [1.165, 1.54) is 19.0 Å². The van der Waals surface area contributed by atoms with Crippen molar-refractivity contribution in [3.63, 3.8) is 0 Å². The van der Waals surface area contributed by atoms with Crippen molar-refractivity contribution in [1.29, 1.82) is 0 Å². The smallest absolute Gasteiger partial charge is 0.241 e. The number of aromatic amines is 1. The average molecular weight is 499 g/mol. The van der Waals surface area contributed by atoms with Gasteiger partial charge >= 0.3 is 0 Å². The van der Waals surface area contributed by atoms with Gasteiger partial charge < -0.3 is 14.5 Å². The van der Waals surface area contributed by atoms with Crippen LogP contribution in [0.4, 0.5) is 5.95 Å². The Morgan fingerprint density at radius 3 is 2.45 bits per heavy atom. The first-order valence-electron chi connectivity index (χ1n) is 8.03. The Morgan fingerprint density at radius 1 is 1.17 bits per heavy atom. The van der Waals surface area contributed by atoms with Gasteiger partial charge in [0.05, 0.1) is 42.0 Å². The molecule has 3 heterocycles. The fourth-order valence-electron chi connectivity index (χ4n) is 2.67. The van der Waals surface area contributed by atoms with Gasteiger partial charge in [0.1, 0.15) is 10.2 Å². The number of nitrogens with zero attached hydrogens (tertiary/aromatic N) is 5. The van der Waals surface area contributed by atoms with Gasteiger partial charge in [0, 0.05) is 11.6 Å². The number of methoxy groups -OCH3 is 2. The molecule has 0 radical (unpaired) electrons. The molecule has 0 saturated carbocycles. The molecule has 0 spiro atoms. The van der Waals surface area contributed by atoms with Crippen molar-refractivity contribution in [1.82, 2.24) is 29.9 Å². The fraction of sp³-hybridized carbons (Fsp3) is 0.125. The zero-order valence-corrected chi connectivity index (χ0v) is 18.2. The molecule has 0 saturated heterocycles. The number of benzene rings is 1. The molecule has 0 aliphatic rings. The van der Waals surface area contributed by atoms with E-state index in [4.69, 9.17) is 21.1 Å². The normalized spacial score (nSPS) is 12.1. The van der Waals surface area contributed by atoms with Crippen molar-refractivity contribution in [2.75, 3.05) is 18.9 Å². The van der Waals surface area contributed by atoms with Gasteiger partial charge in [-0.2, -0.15) is 20.2 Å². The van der Waals surface area contributed by atoms with E-state index in [0.29, 0.717) is 31.0 Å². The SMILES string of the molecule is COc1nc(NS(=O)c2c[nH]c3c(-n4nccn4)c(Cl)ccc23)nc(OC)c1Br. The topological polar surface area (TPSA) is 120 Å². The van der Waals surface area contributed by atoms with Crippen LogP contribution >= 0.6 is 27.5 Å². The van der Waals surface area contributed by atoms with E-state index in [2.05, 4.69) is 45.8 Å². The summed E-state index contributed by atoms with van der Waals surface area (Å²) < 4.78 is 26.6. The first-order valence-corrected chi connectivity index (χ1v) is 10.4. The fourth-order valence-corrected chi connectivity index (χ4v) is 4.31. The second-order valence-electron chi connectivity index (χ2n) is 5.54. The third-order valence-electron chi connectivity index (χ3n) is 3.92. The monoisotopic (exact) mass is 497 g/mol. The molecule has 0 amide bonds. The Morgan fingerprint density at radius 2 is 1.83 bits per heavy atom. The number of H-pyrrole nitrogens is 1. The molecule has 0 aliphatic carbocycles. The number of aromatic nitrogens is 6. The second kappa shape index (κ2) is 7.97. The Kier molecular flexibility index (Phi) is 5.39. The summed E-state index contributed by atoms with van der Waals surface area (Å²) in [6.45, 7) is 0. The highest BCUT2D eigenvalue weighted by molar-refractivity contribution is 9.10. The highest BCUT2D eigenvalue weighted by atomic mass is 79.9. The molecule has 4 rings (SSSR count). The number of ether oxygens (including phenoxy) is 2. The van der Waals surface area contributed by atoms with Gasteiger partial charge in [0.25, 0.3) is 0 Å². The van der Waals surface area contributed by atoms with Crippen molar-refractivity contribution in [3.8, 4) is 17.4 Å². The Bertz CT molecular complexity index is 1190. The average Bonchev–Trinajstić information content (AvgIpc) is 3.39. The first kappa shape index (κ1) is 19.6. The maximum Gasteiger partial charge on any atom is 0.241 e. The van der Waals surface area contributed by atoms with Crippen LogP contribution in [0.5, 0.6) is 11.8 Å². The zero-order valence-electron chi connectivity index (χ0n) is 15.0. The zero-order chi connectivity index (χ0) is 20.5. The molecule has 13 heteroatoms. The Hall–Kier alpha value is -2.70. The minimum atomic E-state index is -1.69.